The van der Waals surface area contributed by atoms with Gasteiger partial charge in [0.25, 0.3) is 0 Å². The van der Waals surface area contributed by atoms with Crippen molar-refractivity contribution in [3.8, 4) is 5.69 Å². The number of aliphatic hydroxyl groups is 1. The SMILES string of the molecule is Cn1cc(C(O)[C@]23Cc4cnn(-c5ccc(F)cc5)c4C=C2CCN(C(=O)OC(C)(C)C)C3)cn1. The van der Waals surface area contributed by atoms with Gasteiger partial charge in [-0.25, -0.2) is 13.9 Å². The van der Waals surface area contributed by atoms with Crippen LogP contribution in [0.25, 0.3) is 11.8 Å². The first-order chi connectivity index (χ1) is 16.6. The van der Waals surface area contributed by atoms with Gasteiger partial charge in [0.1, 0.15) is 11.4 Å². The Labute approximate surface area is 203 Å². The van der Waals surface area contributed by atoms with E-state index in [1.54, 1.807) is 45.0 Å². The molecule has 2 aliphatic rings. The minimum Gasteiger partial charge on any atom is -0.444 e. The standard InChI is InChI=1S/C26H30FN5O3/c1-25(2,3)35-24(34)31-10-9-19-11-22-17(13-29-32(22)21-7-5-20(27)6-8-21)12-26(19,16-31)23(33)18-14-28-30(4)15-18/h5-8,11,13-15,23,33H,9-10,12,16H2,1-4H3/t23?,26-/m0/s1. The molecule has 1 aliphatic carbocycles. The fourth-order valence-corrected chi connectivity index (χ4v) is 5.13. The van der Waals surface area contributed by atoms with Gasteiger partial charge in [-0.05, 0) is 69.5 Å². The van der Waals surface area contributed by atoms with Crippen molar-refractivity contribution < 1.29 is 19.0 Å². The molecule has 184 valence electrons. The molecule has 2 aromatic heterocycles. The molecule has 1 aromatic carbocycles. The number of amides is 1. The maximum absolute atomic E-state index is 13.5. The first-order valence-corrected chi connectivity index (χ1v) is 11.7. The Morgan fingerprint density at radius 3 is 2.60 bits per heavy atom. The van der Waals surface area contributed by atoms with Crippen molar-refractivity contribution in [2.24, 2.45) is 12.5 Å². The molecular formula is C26H30FN5O3. The fraction of sp³-hybridized carbons (Fsp3) is 0.423. The smallest absolute Gasteiger partial charge is 0.410 e. The molecule has 0 spiro atoms. The Kier molecular flexibility index (Phi) is 5.55. The average molecular weight is 480 g/mol. The van der Waals surface area contributed by atoms with E-state index in [1.165, 1.54) is 12.1 Å². The van der Waals surface area contributed by atoms with Gasteiger partial charge in [-0.2, -0.15) is 10.2 Å². The number of ether oxygens (including phenoxy) is 1. The van der Waals surface area contributed by atoms with Crippen LogP contribution in [0.2, 0.25) is 0 Å². The molecule has 0 radical (unpaired) electrons. The molecule has 1 aliphatic heterocycles. The Bertz CT molecular complexity index is 1290. The van der Waals surface area contributed by atoms with Crippen molar-refractivity contribution in [3.05, 3.63) is 71.1 Å². The summed E-state index contributed by atoms with van der Waals surface area (Å²) in [6.45, 7) is 6.33. The van der Waals surface area contributed by atoms with Crippen LogP contribution in [-0.4, -0.2) is 54.4 Å². The number of carbonyl (C=O) groups is 1. The minimum atomic E-state index is -0.880. The van der Waals surface area contributed by atoms with Crippen LogP contribution in [0.15, 0.2) is 48.4 Å². The number of hydrogen-bond donors (Lipinski definition) is 1. The van der Waals surface area contributed by atoms with Gasteiger partial charge in [-0.15, -0.1) is 0 Å². The van der Waals surface area contributed by atoms with Crippen LogP contribution in [0.1, 0.15) is 50.1 Å². The number of benzene rings is 1. The molecule has 1 unspecified atom stereocenters. The molecule has 3 heterocycles. The van der Waals surface area contributed by atoms with E-state index in [0.29, 0.717) is 31.5 Å². The number of aliphatic hydroxyl groups excluding tert-OH is 1. The van der Waals surface area contributed by atoms with Crippen molar-refractivity contribution in [2.45, 2.75) is 45.3 Å². The number of fused-ring (bicyclic) bond motifs is 2. The minimum absolute atomic E-state index is 0.304. The molecule has 35 heavy (non-hydrogen) atoms. The average Bonchev–Trinajstić information content (AvgIpc) is 3.41. The van der Waals surface area contributed by atoms with E-state index >= 15 is 0 Å². The number of aromatic nitrogens is 4. The fourth-order valence-electron chi connectivity index (χ4n) is 5.13. The lowest BCUT2D eigenvalue weighted by atomic mass is 9.64. The molecule has 9 heteroatoms. The first kappa shape index (κ1) is 23.3. The summed E-state index contributed by atoms with van der Waals surface area (Å²) >= 11 is 0. The number of hydrogen-bond acceptors (Lipinski definition) is 5. The van der Waals surface area contributed by atoms with Crippen molar-refractivity contribution >= 4 is 12.2 Å². The van der Waals surface area contributed by atoms with E-state index in [2.05, 4.69) is 16.3 Å². The summed E-state index contributed by atoms with van der Waals surface area (Å²) in [5.74, 6) is -0.304. The van der Waals surface area contributed by atoms with Gasteiger partial charge >= 0.3 is 6.09 Å². The molecule has 1 amide bonds. The van der Waals surface area contributed by atoms with E-state index in [4.69, 9.17) is 4.74 Å². The highest BCUT2D eigenvalue weighted by molar-refractivity contribution is 5.70. The third-order valence-electron chi connectivity index (χ3n) is 6.75. The lowest BCUT2D eigenvalue weighted by Gasteiger charge is -2.48. The van der Waals surface area contributed by atoms with Crippen LogP contribution in [-0.2, 0) is 18.2 Å². The highest BCUT2D eigenvalue weighted by Crippen LogP contribution is 2.51. The summed E-state index contributed by atoms with van der Waals surface area (Å²) in [5, 5.41) is 20.5. The van der Waals surface area contributed by atoms with Crippen molar-refractivity contribution in [2.75, 3.05) is 13.1 Å². The normalized spacial score (nSPS) is 20.6. The Morgan fingerprint density at radius 2 is 1.94 bits per heavy atom. The topological polar surface area (TPSA) is 85.4 Å². The zero-order valence-corrected chi connectivity index (χ0v) is 20.4. The van der Waals surface area contributed by atoms with Gasteiger partial charge in [0.15, 0.2) is 0 Å². The highest BCUT2D eigenvalue weighted by atomic mass is 19.1. The molecule has 5 rings (SSSR count). The maximum Gasteiger partial charge on any atom is 0.410 e. The zero-order valence-electron chi connectivity index (χ0n) is 20.4. The third-order valence-corrected chi connectivity index (χ3v) is 6.75. The first-order valence-electron chi connectivity index (χ1n) is 11.7. The number of likely N-dealkylation sites (tertiary alicyclic amines) is 1. The molecule has 3 aromatic rings. The van der Waals surface area contributed by atoms with Crippen molar-refractivity contribution in [1.82, 2.24) is 24.5 Å². The number of nitrogens with zero attached hydrogens (tertiary/aromatic N) is 5. The van der Waals surface area contributed by atoms with Gasteiger partial charge in [-0.3, -0.25) is 4.68 Å². The molecule has 8 nitrogen and oxygen atoms in total. The Morgan fingerprint density at radius 1 is 1.20 bits per heavy atom. The second kappa shape index (κ2) is 8.34. The van der Waals surface area contributed by atoms with Gasteiger partial charge < -0.3 is 14.7 Å². The number of aryl methyl sites for hydroxylation is 1. The number of carbonyl (C=O) groups excluding carboxylic acids is 1. The van der Waals surface area contributed by atoms with E-state index in [0.717, 1.165) is 22.5 Å². The summed E-state index contributed by atoms with van der Waals surface area (Å²) in [6, 6.07) is 6.21. The quantitative estimate of drug-likeness (QED) is 0.613. The monoisotopic (exact) mass is 479 g/mol. The van der Waals surface area contributed by atoms with E-state index < -0.39 is 17.1 Å². The van der Waals surface area contributed by atoms with E-state index in [9.17, 15) is 14.3 Å². The predicted molar refractivity (Wildman–Crippen MR) is 128 cm³/mol. The van der Waals surface area contributed by atoms with Gasteiger partial charge in [-0.1, -0.05) is 5.57 Å². The zero-order chi connectivity index (χ0) is 25.0. The highest BCUT2D eigenvalue weighted by Gasteiger charge is 2.50. The number of rotatable bonds is 3. The van der Waals surface area contributed by atoms with Crippen LogP contribution in [0.4, 0.5) is 9.18 Å². The summed E-state index contributed by atoms with van der Waals surface area (Å²) in [7, 11) is 1.81. The molecule has 0 bridgehead atoms. The molecule has 1 saturated heterocycles. The number of piperidine rings is 1. The third kappa shape index (κ3) is 4.25. The maximum atomic E-state index is 13.5. The van der Waals surface area contributed by atoms with Gasteiger partial charge in [0.05, 0.1) is 29.9 Å². The van der Waals surface area contributed by atoms with Crippen LogP contribution >= 0.6 is 0 Å². The second-order valence-corrected chi connectivity index (χ2v) is 10.4. The van der Waals surface area contributed by atoms with Crippen LogP contribution in [0.5, 0.6) is 0 Å². The largest absolute Gasteiger partial charge is 0.444 e. The molecule has 0 saturated carbocycles. The molecule has 1 fully saturated rings. The predicted octanol–water partition coefficient (Wildman–Crippen LogP) is 4.05. The molecule has 2 atom stereocenters. The van der Waals surface area contributed by atoms with Crippen molar-refractivity contribution in [3.63, 3.8) is 0 Å². The summed E-state index contributed by atoms with van der Waals surface area (Å²) in [6.07, 6.45) is 7.14. The lowest BCUT2D eigenvalue weighted by Crippen LogP contribution is -2.53. The lowest BCUT2D eigenvalue weighted by molar-refractivity contribution is -0.0182. The van der Waals surface area contributed by atoms with Gasteiger partial charge in [0.2, 0.25) is 0 Å². The van der Waals surface area contributed by atoms with Crippen LogP contribution in [0.3, 0.4) is 0 Å². The Balaban J connectivity index is 1.56. The Hall–Kier alpha value is -3.46. The van der Waals surface area contributed by atoms with Gasteiger partial charge in [0, 0.05) is 37.3 Å². The van der Waals surface area contributed by atoms with Crippen LogP contribution < -0.4 is 0 Å². The molecule has 1 N–H and O–H groups in total. The number of halogens is 1. The summed E-state index contributed by atoms with van der Waals surface area (Å²) in [4.78, 5) is 14.7. The molecular weight excluding hydrogens is 449 g/mol. The van der Waals surface area contributed by atoms with E-state index in [1.807, 2.05) is 27.8 Å². The van der Waals surface area contributed by atoms with Crippen LogP contribution in [0, 0.1) is 11.2 Å². The van der Waals surface area contributed by atoms with E-state index in [-0.39, 0.29) is 11.9 Å². The summed E-state index contributed by atoms with van der Waals surface area (Å²) < 4.78 is 22.6. The van der Waals surface area contributed by atoms with Crippen molar-refractivity contribution in [1.29, 1.82) is 0 Å². The second-order valence-electron chi connectivity index (χ2n) is 10.4. The summed E-state index contributed by atoms with van der Waals surface area (Å²) in [5.41, 5.74) is 3.00.